The highest BCUT2D eigenvalue weighted by molar-refractivity contribution is 5.93. The summed E-state index contributed by atoms with van der Waals surface area (Å²) in [6.45, 7) is 15.7. The van der Waals surface area contributed by atoms with Gasteiger partial charge in [0.25, 0.3) is 5.97 Å². The van der Waals surface area contributed by atoms with Crippen LogP contribution >= 0.6 is 0 Å². The molecule has 0 radical (unpaired) electrons. The third-order valence-electron chi connectivity index (χ3n) is 5.73. The van der Waals surface area contributed by atoms with E-state index in [4.69, 9.17) is 26.8 Å². The van der Waals surface area contributed by atoms with Crippen molar-refractivity contribution in [1.29, 1.82) is 5.41 Å². The molecule has 1 unspecified atom stereocenters. The van der Waals surface area contributed by atoms with Crippen LogP contribution < -0.4 is 43.8 Å². The Balaban J connectivity index is -0.000000314. The first-order valence-electron chi connectivity index (χ1n) is 17.6. The number of nitrogens with one attached hydrogen (secondary N) is 6. The zero-order chi connectivity index (χ0) is 42.0. The zero-order valence-corrected chi connectivity index (χ0v) is 32.9. The number of carboxylic acids is 1. The number of carbonyl (C=O) groups excluding carboxylic acids is 5. The zero-order valence-electron chi connectivity index (χ0n) is 32.9. The van der Waals surface area contributed by atoms with E-state index in [9.17, 15) is 29.1 Å². The van der Waals surface area contributed by atoms with Crippen molar-refractivity contribution in [3.05, 3.63) is 42.0 Å². The average Bonchev–Trinajstić information content (AvgIpc) is 3.10. The lowest BCUT2D eigenvalue weighted by molar-refractivity contribution is -0.134. The van der Waals surface area contributed by atoms with Crippen molar-refractivity contribution in [3.8, 4) is 5.75 Å². The van der Waals surface area contributed by atoms with E-state index in [1.807, 2.05) is 13.8 Å². The molecule has 14 N–H and O–H groups in total. The van der Waals surface area contributed by atoms with E-state index in [1.54, 1.807) is 19.2 Å². The van der Waals surface area contributed by atoms with Gasteiger partial charge < -0.3 is 58.8 Å². The Labute approximate surface area is 316 Å². The molecule has 17 nitrogen and oxygen atoms in total. The van der Waals surface area contributed by atoms with Gasteiger partial charge in [0.1, 0.15) is 24.1 Å². The number of hydrogen-bond donors (Lipinski definition) is 11. The van der Waals surface area contributed by atoms with Crippen LogP contribution in [0.25, 0.3) is 0 Å². The topological polar surface area (TPSA) is 305 Å². The van der Waals surface area contributed by atoms with Gasteiger partial charge in [-0.2, -0.15) is 0 Å². The maximum atomic E-state index is 12.7. The minimum atomic E-state index is -0.966. The number of amides is 4. The van der Waals surface area contributed by atoms with Crippen molar-refractivity contribution in [2.24, 2.45) is 17.2 Å². The SMILES string of the molecule is C=C(C)CCC.CC.CC(=O)O.CCCCN.CNCC(=O)NC(Cc1ccc(O)cc1)C(=O)NCC(=O)N[C@@H](CCCN)C(=O)NCC=O.N=CN. The molecule has 0 aromatic heterocycles. The number of phenols is 1. The number of allylic oxidation sites excluding steroid dienone is 1. The van der Waals surface area contributed by atoms with Crippen molar-refractivity contribution in [2.75, 3.05) is 39.8 Å². The van der Waals surface area contributed by atoms with E-state index in [-0.39, 0.29) is 31.7 Å². The van der Waals surface area contributed by atoms with Crippen molar-refractivity contribution >= 4 is 42.2 Å². The van der Waals surface area contributed by atoms with E-state index in [1.165, 1.54) is 43.4 Å². The Kier molecular flexibility index (Phi) is 46.9. The lowest BCUT2D eigenvalue weighted by Crippen LogP contribution is -2.53. The van der Waals surface area contributed by atoms with Crippen LogP contribution in [0.2, 0.25) is 0 Å². The molecule has 0 saturated heterocycles. The summed E-state index contributed by atoms with van der Waals surface area (Å²) in [4.78, 5) is 68.6. The summed E-state index contributed by atoms with van der Waals surface area (Å²) in [7, 11) is 1.59. The molecule has 53 heavy (non-hydrogen) atoms. The van der Waals surface area contributed by atoms with Gasteiger partial charge >= 0.3 is 0 Å². The van der Waals surface area contributed by atoms with Gasteiger partial charge in [-0.25, -0.2) is 0 Å². The normalized spacial score (nSPS) is 10.1. The number of nitrogens with two attached hydrogens (primary N) is 3. The molecule has 0 aliphatic carbocycles. The number of aliphatic carboxylic acids is 1. The summed E-state index contributed by atoms with van der Waals surface area (Å²) in [5, 5.41) is 35.3. The smallest absolute Gasteiger partial charge is 0.300 e. The quantitative estimate of drug-likeness (QED) is 0.0409. The number of phenolic OH excluding ortho intramolecular Hbond substituents is 1. The highest BCUT2D eigenvalue weighted by Crippen LogP contribution is 2.11. The van der Waals surface area contributed by atoms with Crippen LogP contribution in [0.4, 0.5) is 0 Å². The van der Waals surface area contributed by atoms with Gasteiger partial charge in [0.05, 0.1) is 26.0 Å². The third-order valence-corrected chi connectivity index (χ3v) is 5.73. The fraction of sp³-hybridized carbons (Fsp3) is 0.583. The second-order valence-electron chi connectivity index (χ2n) is 10.7. The van der Waals surface area contributed by atoms with Gasteiger partial charge in [-0.15, -0.1) is 6.58 Å². The summed E-state index contributed by atoms with van der Waals surface area (Å²) in [5.41, 5.74) is 17.0. The summed E-state index contributed by atoms with van der Waals surface area (Å²) in [6, 6.07) is 4.29. The molecule has 17 heteroatoms. The standard InChI is InChI=1S/C21H32N6O6.C6H12.C4H11N.C2H4O2.C2H6.CH4N2/c1-23-12-18(30)27-17(11-14-4-6-15(29)7-5-14)21(33)25-13-19(31)26-16(3-2-8-22)20(32)24-9-10-28;1-4-5-6(2)3;1-2-3-4-5;1-2(3)4;1-2;2-1-3/h4-7,10,16-17,23,29H,2-3,8-9,11-13,22H2,1H3,(H,24,32)(H,25,33)(H,26,31)(H,27,30);2,4-5H2,1,3H3;2-5H2,1H3;1H3,(H,3,4);1-2H3;1H,(H3,2,3)/t16-,17?;;;;;/m0...../s1. The number of likely N-dealkylation sites (N-methyl/N-ethyl adjacent to an activating group) is 1. The molecular weight excluding hydrogens is 686 g/mol. The molecule has 1 rings (SSSR count). The average molecular weight is 756 g/mol. The van der Waals surface area contributed by atoms with E-state index in [0.717, 1.165) is 19.8 Å². The largest absolute Gasteiger partial charge is 0.508 e. The Morgan fingerprint density at radius 3 is 1.72 bits per heavy atom. The first kappa shape index (κ1) is 57.5. The molecule has 0 fully saturated rings. The second kappa shape index (κ2) is 43.3. The molecule has 1 aromatic carbocycles. The first-order valence-corrected chi connectivity index (χ1v) is 17.6. The number of benzene rings is 1. The maximum Gasteiger partial charge on any atom is 0.300 e. The summed E-state index contributed by atoms with van der Waals surface area (Å²) >= 11 is 0. The molecule has 1 aromatic rings. The number of carbonyl (C=O) groups is 6. The van der Waals surface area contributed by atoms with E-state index in [2.05, 4.69) is 59.7 Å². The van der Waals surface area contributed by atoms with Crippen LogP contribution in [0, 0.1) is 5.41 Å². The predicted octanol–water partition coefficient (Wildman–Crippen LogP) is 1.07. The maximum absolute atomic E-state index is 12.7. The fourth-order valence-electron chi connectivity index (χ4n) is 3.51. The Morgan fingerprint density at radius 2 is 1.34 bits per heavy atom. The predicted molar refractivity (Wildman–Crippen MR) is 211 cm³/mol. The first-order chi connectivity index (χ1) is 25.1. The van der Waals surface area contributed by atoms with Gasteiger partial charge in [0.15, 0.2) is 0 Å². The van der Waals surface area contributed by atoms with Gasteiger partial charge in [0, 0.05) is 13.3 Å². The number of aromatic hydroxyl groups is 1. The molecule has 0 bridgehead atoms. The number of aldehydes is 1. The van der Waals surface area contributed by atoms with Crippen molar-refractivity contribution in [2.45, 2.75) is 98.6 Å². The van der Waals surface area contributed by atoms with Gasteiger partial charge in [0.2, 0.25) is 23.6 Å². The molecule has 4 amide bonds. The molecule has 0 heterocycles. The third kappa shape index (κ3) is 45.1. The van der Waals surface area contributed by atoms with Crippen molar-refractivity contribution in [3.63, 3.8) is 0 Å². The lowest BCUT2D eigenvalue weighted by atomic mass is 10.0. The minimum Gasteiger partial charge on any atom is -0.508 e. The molecule has 306 valence electrons. The Morgan fingerprint density at radius 1 is 0.868 bits per heavy atom. The molecule has 2 atom stereocenters. The van der Waals surface area contributed by atoms with Crippen LogP contribution in [-0.4, -0.2) is 104 Å². The summed E-state index contributed by atoms with van der Waals surface area (Å²) in [6.07, 6.45) is 6.95. The van der Waals surface area contributed by atoms with E-state index in [0.29, 0.717) is 24.8 Å². The Hall–Kier alpha value is -4.87. The van der Waals surface area contributed by atoms with Gasteiger partial charge in [-0.05, 0) is 70.4 Å². The molecule has 0 saturated carbocycles. The highest BCUT2D eigenvalue weighted by atomic mass is 16.4. The van der Waals surface area contributed by atoms with Crippen LogP contribution in [0.3, 0.4) is 0 Å². The fourth-order valence-corrected chi connectivity index (χ4v) is 3.51. The van der Waals surface area contributed by atoms with Crippen LogP contribution in [0.15, 0.2) is 36.4 Å². The number of unbranched alkanes of at least 4 members (excludes halogenated alkanes) is 1. The number of hydrogen-bond acceptors (Lipinski definition) is 11. The monoisotopic (exact) mass is 756 g/mol. The van der Waals surface area contributed by atoms with Crippen LogP contribution in [-0.2, 0) is 35.2 Å². The molecular formula is C36H69N9O8. The number of rotatable bonds is 19. The van der Waals surface area contributed by atoms with E-state index >= 15 is 0 Å². The highest BCUT2D eigenvalue weighted by Gasteiger charge is 2.23. The van der Waals surface area contributed by atoms with Crippen molar-refractivity contribution < 1.29 is 39.0 Å². The summed E-state index contributed by atoms with van der Waals surface area (Å²) in [5.74, 6) is -2.91. The lowest BCUT2D eigenvalue weighted by Gasteiger charge is -2.20. The summed E-state index contributed by atoms with van der Waals surface area (Å²) < 4.78 is 0. The second-order valence-corrected chi connectivity index (χ2v) is 10.7. The minimum absolute atomic E-state index is 0.00142. The Bertz CT molecular complexity index is 1110. The van der Waals surface area contributed by atoms with Crippen molar-refractivity contribution in [1.82, 2.24) is 26.6 Å². The van der Waals surface area contributed by atoms with Crippen LogP contribution in [0.5, 0.6) is 5.75 Å². The van der Waals surface area contributed by atoms with Gasteiger partial charge in [-0.3, -0.25) is 29.4 Å². The number of carboxylic acid groups (broad SMARTS) is 1. The molecule has 0 spiro atoms. The molecule has 0 aliphatic heterocycles. The van der Waals surface area contributed by atoms with Gasteiger partial charge in [-0.1, -0.05) is 58.2 Å². The molecule has 0 aliphatic rings. The van der Waals surface area contributed by atoms with E-state index < -0.39 is 48.2 Å². The van der Waals surface area contributed by atoms with Crippen LogP contribution in [0.1, 0.15) is 85.6 Å².